The summed E-state index contributed by atoms with van der Waals surface area (Å²) in [5.41, 5.74) is 1.37. The number of ether oxygens (including phenoxy) is 1. The number of rotatable bonds is 4. The second kappa shape index (κ2) is 5.72. The topological polar surface area (TPSA) is 84.3 Å². The summed E-state index contributed by atoms with van der Waals surface area (Å²) in [5.74, 6) is -0.929. The van der Waals surface area contributed by atoms with Gasteiger partial charge >= 0.3 is 5.76 Å². The van der Waals surface area contributed by atoms with E-state index in [0.717, 1.165) is 0 Å². The highest BCUT2D eigenvalue weighted by atomic mass is 19.1. The first-order chi connectivity index (χ1) is 10.6. The minimum Gasteiger partial charge on any atom is -0.484 e. The summed E-state index contributed by atoms with van der Waals surface area (Å²) in [5, 5.41) is 2.61. The molecule has 2 aromatic carbocycles. The van der Waals surface area contributed by atoms with E-state index in [-0.39, 0.29) is 18.3 Å². The van der Waals surface area contributed by atoms with Crippen LogP contribution in [0, 0.1) is 5.82 Å². The van der Waals surface area contributed by atoms with Crippen LogP contribution in [0.15, 0.2) is 51.7 Å². The molecule has 0 atom stereocenters. The highest BCUT2D eigenvalue weighted by molar-refractivity contribution is 5.93. The first kappa shape index (κ1) is 13.9. The number of anilines is 1. The Bertz CT molecular complexity index is 867. The van der Waals surface area contributed by atoms with Gasteiger partial charge < -0.3 is 14.5 Å². The van der Waals surface area contributed by atoms with Crippen LogP contribution in [-0.2, 0) is 4.79 Å². The van der Waals surface area contributed by atoms with E-state index in [1.165, 1.54) is 30.3 Å². The monoisotopic (exact) mass is 302 g/mol. The highest BCUT2D eigenvalue weighted by Gasteiger charge is 2.07. The van der Waals surface area contributed by atoms with Gasteiger partial charge in [0.25, 0.3) is 5.91 Å². The molecule has 3 aromatic rings. The molecule has 0 bridgehead atoms. The molecule has 0 spiro atoms. The van der Waals surface area contributed by atoms with Crippen LogP contribution in [0.5, 0.6) is 5.75 Å². The number of oxazole rings is 1. The first-order valence-corrected chi connectivity index (χ1v) is 6.41. The molecule has 0 saturated heterocycles. The second-order valence-corrected chi connectivity index (χ2v) is 4.52. The van der Waals surface area contributed by atoms with Crippen molar-refractivity contribution in [3.8, 4) is 5.75 Å². The fourth-order valence-electron chi connectivity index (χ4n) is 1.90. The zero-order valence-corrected chi connectivity index (χ0v) is 11.3. The Morgan fingerprint density at radius 1 is 1.23 bits per heavy atom. The number of carbonyl (C=O) groups is 1. The average Bonchev–Trinajstić information content (AvgIpc) is 2.86. The molecule has 112 valence electrons. The van der Waals surface area contributed by atoms with Gasteiger partial charge in [-0.15, -0.1) is 0 Å². The van der Waals surface area contributed by atoms with E-state index in [1.54, 1.807) is 12.1 Å². The number of aromatic nitrogens is 1. The summed E-state index contributed by atoms with van der Waals surface area (Å²) in [6.45, 7) is -0.221. The van der Waals surface area contributed by atoms with E-state index in [1.807, 2.05) is 0 Å². The van der Waals surface area contributed by atoms with Crippen LogP contribution in [0.2, 0.25) is 0 Å². The maximum absolute atomic E-state index is 12.7. The molecule has 1 heterocycles. The van der Waals surface area contributed by atoms with Gasteiger partial charge in [0.1, 0.15) is 11.6 Å². The predicted molar refractivity (Wildman–Crippen MR) is 77.4 cm³/mol. The van der Waals surface area contributed by atoms with Crippen LogP contribution in [0.3, 0.4) is 0 Å². The number of benzene rings is 2. The van der Waals surface area contributed by atoms with Gasteiger partial charge in [0.05, 0.1) is 5.52 Å². The quantitative estimate of drug-likeness (QED) is 0.774. The number of amides is 1. The zero-order chi connectivity index (χ0) is 15.5. The zero-order valence-electron chi connectivity index (χ0n) is 11.3. The van der Waals surface area contributed by atoms with Gasteiger partial charge in [-0.1, -0.05) is 0 Å². The molecule has 0 fully saturated rings. The summed E-state index contributed by atoms with van der Waals surface area (Å²) >= 11 is 0. The largest absolute Gasteiger partial charge is 0.484 e. The summed E-state index contributed by atoms with van der Waals surface area (Å²) in [7, 11) is 0. The third kappa shape index (κ3) is 3.14. The third-order valence-corrected chi connectivity index (χ3v) is 2.89. The third-order valence-electron chi connectivity index (χ3n) is 2.89. The van der Waals surface area contributed by atoms with Crippen molar-refractivity contribution in [2.24, 2.45) is 0 Å². The van der Waals surface area contributed by atoms with E-state index in [2.05, 4.69) is 10.3 Å². The number of hydrogen-bond donors (Lipinski definition) is 2. The number of aromatic amines is 1. The van der Waals surface area contributed by atoms with Crippen molar-refractivity contribution in [1.82, 2.24) is 4.98 Å². The Hall–Kier alpha value is -3.09. The Kier molecular flexibility index (Phi) is 3.61. The number of hydrogen-bond acceptors (Lipinski definition) is 4. The van der Waals surface area contributed by atoms with E-state index >= 15 is 0 Å². The molecule has 22 heavy (non-hydrogen) atoms. The van der Waals surface area contributed by atoms with Crippen molar-refractivity contribution >= 4 is 22.7 Å². The smallest absolute Gasteiger partial charge is 0.417 e. The normalized spacial score (nSPS) is 10.6. The fourth-order valence-corrected chi connectivity index (χ4v) is 1.90. The summed E-state index contributed by atoms with van der Waals surface area (Å²) in [6, 6.07) is 10.1. The lowest BCUT2D eigenvalue weighted by Gasteiger charge is -2.07. The van der Waals surface area contributed by atoms with Crippen molar-refractivity contribution in [3.05, 3.63) is 58.8 Å². The van der Waals surface area contributed by atoms with Crippen molar-refractivity contribution in [2.45, 2.75) is 0 Å². The van der Waals surface area contributed by atoms with Crippen molar-refractivity contribution < 1.29 is 18.3 Å². The molecular weight excluding hydrogens is 291 g/mol. The number of fused-ring (bicyclic) bond motifs is 1. The molecular formula is C15H11FN2O4. The Morgan fingerprint density at radius 3 is 2.77 bits per heavy atom. The van der Waals surface area contributed by atoms with E-state index in [4.69, 9.17) is 9.15 Å². The average molecular weight is 302 g/mol. The summed E-state index contributed by atoms with van der Waals surface area (Å²) < 4.78 is 22.9. The molecule has 0 radical (unpaired) electrons. The van der Waals surface area contributed by atoms with Crippen LogP contribution < -0.4 is 15.8 Å². The fraction of sp³-hybridized carbons (Fsp3) is 0.0667. The molecule has 0 unspecified atom stereocenters. The standard InChI is InChI=1S/C15H11FN2O4/c16-9-1-4-11(5-2-9)21-8-14(19)17-10-3-6-12-13(7-10)22-15(20)18-12/h1-7H,8H2,(H,17,19)(H,18,20). The van der Waals surface area contributed by atoms with E-state index in [9.17, 15) is 14.0 Å². The molecule has 0 aliphatic heterocycles. The lowest BCUT2D eigenvalue weighted by molar-refractivity contribution is -0.118. The lowest BCUT2D eigenvalue weighted by atomic mass is 10.3. The summed E-state index contributed by atoms with van der Waals surface area (Å²) in [4.78, 5) is 25.3. The van der Waals surface area contributed by atoms with Gasteiger partial charge in [-0.3, -0.25) is 9.78 Å². The maximum Gasteiger partial charge on any atom is 0.417 e. The van der Waals surface area contributed by atoms with Gasteiger partial charge in [0, 0.05) is 11.8 Å². The molecule has 0 aliphatic rings. The molecule has 2 N–H and O–H groups in total. The van der Waals surface area contributed by atoms with E-state index in [0.29, 0.717) is 22.5 Å². The molecule has 1 amide bonds. The minimum absolute atomic E-state index is 0.221. The number of H-pyrrole nitrogens is 1. The number of nitrogens with one attached hydrogen (secondary N) is 2. The molecule has 1 aromatic heterocycles. The molecule has 7 heteroatoms. The highest BCUT2D eigenvalue weighted by Crippen LogP contribution is 2.16. The van der Waals surface area contributed by atoms with E-state index < -0.39 is 5.76 Å². The predicted octanol–water partition coefficient (Wildman–Crippen LogP) is 2.28. The second-order valence-electron chi connectivity index (χ2n) is 4.52. The Balaban J connectivity index is 1.62. The lowest BCUT2D eigenvalue weighted by Crippen LogP contribution is -2.20. The van der Waals surface area contributed by atoms with Crippen LogP contribution in [0.4, 0.5) is 10.1 Å². The van der Waals surface area contributed by atoms with Crippen LogP contribution >= 0.6 is 0 Å². The molecule has 0 saturated carbocycles. The van der Waals surface area contributed by atoms with Gasteiger partial charge in [-0.05, 0) is 36.4 Å². The number of carbonyl (C=O) groups excluding carboxylic acids is 1. The summed E-state index contributed by atoms with van der Waals surface area (Å²) in [6.07, 6.45) is 0. The first-order valence-electron chi connectivity index (χ1n) is 6.41. The maximum atomic E-state index is 12.7. The van der Waals surface area contributed by atoms with Crippen molar-refractivity contribution in [2.75, 3.05) is 11.9 Å². The van der Waals surface area contributed by atoms with Gasteiger partial charge in [-0.2, -0.15) is 0 Å². The van der Waals surface area contributed by atoms with Crippen LogP contribution in [0.25, 0.3) is 11.1 Å². The van der Waals surface area contributed by atoms with Gasteiger partial charge in [0.15, 0.2) is 12.2 Å². The van der Waals surface area contributed by atoms with Crippen LogP contribution in [0.1, 0.15) is 0 Å². The SMILES string of the molecule is O=C(COc1ccc(F)cc1)Nc1ccc2[nH]c(=O)oc2c1. The minimum atomic E-state index is -0.557. The van der Waals surface area contributed by atoms with Gasteiger partial charge in [-0.25, -0.2) is 9.18 Å². The van der Waals surface area contributed by atoms with Crippen molar-refractivity contribution in [1.29, 1.82) is 0 Å². The molecule has 6 nitrogen and oxygen atoms in total. The number of halogens is 1. The van der Waals surface area contributed by atoms with Crippen molar-refractivity contribution in [3.63, 3.8) is 0 Å². The molecule has 0 aliphatic carbocycles. The van der Waals surface area contributed by atoms with Gasteiger partial charge in [0.2, 0.25) is 0 Å². The van der Waals surface area contributed by atoms with Crippen LogP contribution in [-0.4, -0.2) is 17.5 Å². The molecule has 3 rings (SSSR count). The Morgan fingerprint density at radius 2 is 2.00 bits per heavy atom. The Labute approximate surface area is 123 Å².